The molecule has 0 unspecified atom stereocenters. The summed E-state index contributed by atoms with van der Waals surface area (Å²) in [4.78, 5) is 8.55. The summed E-state index contributed by atoms with van der Waals surface area (Å²) < 4.78 is 6.85. The number of hydrogen-bond donors (Lipinski definition) is 1. The van der Waals surface area contributed by atoms with Crippen LogP contribution in [0, 0.1) is 0 Å². The van der Waals surface area contributed by atoms with Crippen molar-refractivity contribution in [3.8, 4) is 33.4 Å². The quantitative estimate of drug-likeness (QED) is 0.165. The standard InChI is InChI=1S/C63H45N3O/c1-63(2)57-24-14-12-22-50(57)51-34-31-47(39-58(51)63)66(46-29-26-42(27-30-46)41-16-6-3-7-17-41)49-37-55(62-56(38-49)52-23-13-15-25-59(52)64-62)43-28-33-53-54-35-32-48(40-61(54)67-60(53)36-43)65(44-18-8-4-9-19-44)45-20-10-5-11-21-45/h3-40,64H,1-2H3. The molecular weight excluding hydrogens is 815 g/mol. The Morgan fingerprint density at radius 1 is 0.343 bits per heavy atom. The lowest BCUT2D eigenvalue weighted by molar-refractivity contribution is 0.660. The zero-order chi connectivity index (χ0) is 44.6. The van der Waals surface area contributed by atoms with Gasteiger partial charge in [0.2, 0.25) is 0 Å². The van der Waals surface area contributed by atoms with Gasteiger partial charge >= 0.3 is 0 Å². The summed E-state index contributed by atoms with van der Waals surface area (Å²) in [5.41, 5.74) is 20.1. The van der Waals surface area contributed by atoms with E-state index >= 15 is 0 Å². The summed E-state index contributed by atoms with van der Waals surface area (Å²) in [5.74, 6) is 0. The lowest BCUT2D eigenvalue weighted by atomic mass is 9.82. The first-order valence-electron chi connectivity index (χ1n) is 23.1. The number of para-hydroxylation sites is 3. The number of aromatic nitrogens is 1. The van der Waals surface area contributed by atoms with Gasteiger partial charge in [-0.25, -0.2) is 0 Å². The third kappa shape index (κ3) is 6.36. The van der Waals surface area contributed by atoms with Crippen LogP contribution >= 0.6 is 0 Å². The first-order valence-corrected chi connectivity index (χ1v) is 23.1. The number of fused-ring (bicyclic) bond motifs is 9. The zero-order valence-corrected chi connectivity index (χ0v) is 37.2. The molecule has 1 N–H and O–H groups in total. The minimum absolute atomic E-state index is 0.152. The van der Waals surface area contributed by atoms with E-state index in [9.17, 15) is 0 Å². The lowest BCUT2D eigenvalue weighted by Gasteiger charge is -2.29. The van der Waals surface area contributed by atoms with E-state index in [1.54, 1.807) is 0 Å². The molecule has 0 spiro atoms. The number of furan rings is 1. The molecule has 2 aromatic heterocycles. The number of rotatable bonds is 8. The van der Waals surface area contributed by atoms with Crippen LogP contribution in [0.1, 0.15) is 25.0 Å². The van der Waals surface area contributed by atoms with Crippen molar-refractivity contribution >= 4 is 77.9 Å². The highest BCUT2D eigenvalue weighted by Crippen LogP contribution is 2.51. The molecule has 0 aliphatic heterocycles. The Bertz CT molecular complexity index is 3790. The molecule has 0 atom stereocenters. The van der Waals surface area contributed by atoms with Gasteiger partial charge in [0, 0.05) is 78.2 Å². The van der Waals surface area contributed by atoms with Gasteiger partial charge in [0.05, 0.1) is 5.52 Å². The van der Waals surface area contributed by atoms with Crippen LogP contribution in [-0.2, 0) is 5.41 Å². The van der Waals surface area contributed by atoms with E-state index in [0.29, 0.717) is 0 Å². The molecule has 0 saturated heterocycles. The topological polar surface area (TPSA) is 35.4 Å². The van der Waals surface area contributed by atoms with Crippen LogP contribution in [0.5, 0.6) is 0 Å². The van der Waals surface area contributed by atoms with E-state index < -0.39 is 0 Å². The van der Waals surface area contributed by atoms with E-state index in [1.165, 1.54) is 44.2 Å². The molecular formula is C63H45N3O. The SMILES string of the molecule is CC1(C)c2ccccc2-c2ccc(N(c3ccc(-c4ccccc4)cc3)c3cc(-c4ccc5c(c4)oc4cc(N(c6ccccc6)c6ccccc6)ccc45)c4[nH]c5ccccc5c4c3)cc21. The fraction of sp³-hybridized carbons (Fsp3) is 0.0476. The van der Waals surface area contributed by atoms with Gasteiger partial charge in [-0.15, -0.1) is 0 Å². The molecule has 318 valence electrons. The third-order valence-corrected chi connectivity index (χ3v) is 14.0. The fourth-order valence-electron chi connectivity index (χ4n) is 10.7. The summed E-state index contributed by atoms with van der Waals surface area (Å²) in [5, 5.41) is 4.52. The van der Waals surface area contributed by atoms with Crippen LogP contribution in [0.4, 0.5) is 34.1 Å². The maximum absolute atomic E-state index is 6.85. The first-order chi connectivity index (χ1) is 33.0. The average molecular weight is 860 g/mol. The molecule has 0 amide bonds. The fourth-order valence-corrected chi connectivity index (χ4v) is 10.7. The summed E-state index contributed by atoms with van der Waals surface area (Å²) in [7, 11) is 0. The molecule has 1 aliphatic carbocycles. The van der Waals surface area contributed by atoms with Crippen LogP contribution in [0.25, 0.3) is 77.1 Å². The highest BCUT2D eigenvalue weighted by molar-refractivity contribution is 6.15. The number of nitrogens with one attached hydrogen (secondary N) is 1. The maximum atomic E-state index is 6.85. The number of hydrogen-bond acceptors (Lipinski definition) is 3. The molecule has 0 saturated carbocycles. The molecule has 0 radical (unpaired) electrons. The van der Waals surface area contributed by atoms with Gasteiger partial charge in [-0.2, -0.15) is 0 Å². The van der Waals surface area contributed by atoms with E-state index in [-0.39, 0.29) is 5.41 Å². The number of benzene rings is 10. The molecule has 10 aromatic carbocycles. The van der Waals surface area contributed by atoms with Crippen molar-refractivity contribution < 1.29 is 4.42 Å². The molecule has 12 aromatic rings. The molecule has 67 heavy (non-hydrogen) atoms. The minimum Gasteiger partial charge on any atom is -0.456 e. The predicted molar refractivity (Wildman–Crippen MR) is 281 cm³/mol. The monoisotopic (exact) mass is 859 g/mol. The van der Waals surface area contributed by atoms with Gasteiger partial charge in [-0.05, 0) is 130 Å². The van der Waals surface area contributed by atoms with Gasteiger partial charge in [-0.1, -0.05) is 147 Å². The van der Waals surface area contributed by atoms with Crippen LogP contribution in [0.3, 0.4) is 0 Å². The Hall–Kier alpha value is -8.60. The Kier molecular flexibility index (Phi) is 8.84. The smallest absolute Gasteiger partial charge is 0.137 e. The number of H-pyrrole nitrogens is 1. The average Bonchev–Trinajstić information content (AvgIpc) is 4.02. The normalized spacial score (nSPS) is 12.7. The summed E-state index contributed by atoms with van der Waals surface area (Å²) in [6.07, 6.45) is 0. The van der Waals surface area contributed by atoms with Crippen molar-refractivity contribution in [3.63, 3.8) is 0 Å². The minimum atomic E-state index is -0.152. The van der Waals surface area contributed by atoms with Gasteiger partial charge < -0.3 is 19.2 Å². The molecule has 4 heteroatoms. The highest BCUT2D eigenvalue weighted by Gasteiger charge is 2.36. The lowest BCUT2D eigenvalue weighted by Crippen LogP contribution is -2.16. The third-order valence-electron chi connectivity index (χ3n) is 14.0. The van der Waals surface area contributed by atoms with Crippen molar-refractivity contribution in [1.29, 1.82) is 0 Å². The van der Waals surface area contributed by atoms with Crippen molar-refractivity contribution in [2.24, 2.45) is 0 Å². The number of anilines is 6. The van der Waals surface area contributed by atoms with Gasteiger partial charge in [0.25, 0.3) is 0 Å². The summed E-state index contributed by atoms with van der Waals surface area (Å²) in [6, 6.07) is 83.2. The zero-order valence-electron chi connectivity index (χ0n) is 37.2. The first kappa shape index (κ1) is 38.8. The van der Waals surface area contributed by atoms with E-state index in [1.807, 2.05) is 0 Å². The second-order valence-corrected chi connectivity index (χ2v) is 18.2. The van der Waals surface area contributed by atoms with Crippen LogP contribution in [0.15, 0.2) is 235 Å². The van der Waals surface area contributed by atoms with E-state index in [2.05, 4.69) is 259 Å². The Labute approximate surface area is 389 Å². The molecule has 1 aliphatic rings. The van der Waals surface area contributed by atoms with Crippen molar-refractivity contribution in [2.75, 3.05) is 9.80 Å². The Morgan fingerprint density at radius 3 is 1.64 bits per heavy atom. The second-order valence-electron chi connectivity index (χ2n) is 18.2. The van der Waals surface area contributed by atoms with Crippen LogP contribution in [-0.4, -0.2) is 4.98 Å². The van der Waals surface area contributed by atoms with Crippen LogP contribution in [0.2, 0.25) is 0 Å². The molecule has 13 rings (SSSR count). The second kappa shape index (κ2) is 15.3. The Balaban J connectivity index is 0.988. The van der Waals surface area contributed by atoms with Gasteiger partial charge in [0.15, 0.2) is 0 Å². The van der Waals surface area contributed by atoms with Crippen molar-refractivity contribution in [2.45, 2.75) is 19.3 Å². The largest absolute Gasteiger partial charge is 0.456 e. The van der Waals surface area contributed by atoms with E-state index in [0.717, 1.165) is 78.2 Å². The van der Waals surface area contributed by atoms with Crippen molar-refractivity contribution in [1.82, 2.24) is 4.98 Å². The van der Waals surface area contributed by atoms with Gasteiger partial charge in [0.1, 0.15) is 11.2 Å². The summed E-state index contributed by atoms with van der Waals surface area (Å²) >= 11 is 0. The Morgan fingerprint density at radius 2 is 0.881 bits per heavy atom. The number of aromatic amines is 1. The molecule has 4 nitrogen and oxygen atoms in total. The maximum Gasteiger partial charge on any atom is 0.137 e. The van der Waals surface area contributed by atoms with Crippen LogP contribution < -0.4 is 9.80 Å². The van der Waals surface area contributed by atoms with E-state index in [4.69, 9.17) is 4.42 Å². The van der Waals surface area contributed by atoms with Gasteiger partial charge in [-0.3, -0.25) is 0 Å². The molecule has 0 bridgehead atoms. The highest BCUT2D eigenvalue weighted by atomic mass is 16.3. The predicted octanol–water partition coefficient (Wildman–Crippen LogP) is 17.8. The summed E-state index contributed by atoms with van der Waals surface area (Å²) in [6.45, 7) is 4.71. The van der Waals surface area contributed by atoms with Crippen molar-refractivity contribution in [3.05, 3.63) is 242 Å². The number of nitrogens with zero attached hydrogens (tertiary/aromatic N) is 2. The molecule has 2 heterocycles. The molecule has 0 fully saturated rings.